The van der Waals surface area contributed by atoms with Gasteiger partial charge in [0, 0.05) is 24.0 Å². The Balaban J connectivity index is 2.01. The molecule has 0 saturated heterocycles. The number of nitrogens with one attached hydrogen (secondary N) is 1. The number of rotatable bonds is 3. The van der Waals surface area contributed by atoms with Crippen LogP contribution in [0.3, 0.4) is 0 Å². The summed E-state index contributed by atoms with van der Waals surface area (Å²) in [5.41, 5.74) is 0.000123. The number of benzene rings is 1. The Bertz CT molecular complexity index is 954. The zero-order valence-corrected chi connectivity index (χ0v) is 14.1. The number of carbonyl (C=O) groups excluding carboxylic acids is 1. The summed E-state index contributed by atoms with van der Waals surface area (Å²) in [5, 5.41) is 6.84. The van der Waals surface area contributed by atoms with E-state index in [0.717, 1.165) is 18.2 Å². The third-order valence-electron chi connectivity index (χ3n) is 3.52. The topological polar surface area (TPSA) is 59.8 Å². The van der Waals surface area contributed by atoms with E-state index in [9.17, 15) is 18.0 Å². The molecule has 0 aliphatic heterocycles. The van der Waals surface area contributed by atoms with Gasteiger partial charge in [0.15, 0.2) is 0 Å². The first-order valence-corrected chi connectivity index (χ1v) is 7.78. The van der Waals surface area contributed by atoms with Gasteiger partial charge < -0.3 is 5.32 Å². The SMILES string of the molecule is Cc1cc(NC(=O)c2ccncc2)n(-c2cc(C(F)(F)F)ccc2Cl)n1. The Hall–Kier alpha value is -2.87. The Morgan fingerprint density at radius 3 is 2.50 bits per heavy atom. The van der Waals surface area contributed by atoms with E-state index in [4.69, 9.17) is 11.6 Å². The summed E-state index contributed by atoms with van der Waals surface area (Å²) in [6.45, 7) is 1.65. The average Bonchev–Trinajstić information content (AvgIpc) is 2.95. The van der Waals surface area contributed by atoms with Gasteiger partial charge >= 0.3 is 6.18 Å². The molecule has 2 aromatic heterocycles. The van der Waals surface area contributed by atoms with Crippen LogP contribution in [0, 0.1) is 6.92 Å². The number of pyridine rings is 1. The minimum absolute atomic E-state index is 0.0135. The number of hydrogen-bond acceptors (Lipinski definition) is 3. The van der Waals surface area contributed by atoms with Gasteiger partial charge in [-0.3, -0.25) is 9.78 Å². The van der Waals surface area contributed by atoms with Gasteiger partial charge in [0.05, 0.1) is 22.0 Å². The molecule has 3 aromatic rings. The van der Waals surface area contributed by atoms with Gasteiger partial charge in [0.1, 0.15) is 5.82 Å². The lowest BCUT2D eigenvalue weighted by molar-refractivity contribution is -0.137. The highest BCUT2D eigenvalue weighted by atomic mass is 35.5. The van der Waals surface area contributed by atoms with Crippen LogP contribution in [0.15, 0.2) is 48.8 Å². The second-order valence-corrected chi connectivity index (χ2v) is 5.84. The van der Waals surface area contributed by atoms with Crippen LogP contribution in [-0.4, -0.2) is 20.7 Å². The van der Waals surface area contributed by atoms with E-state index in [1.807, 2.05) is 0 Å². The standard InChI is InChI=1S/C17H12ClF3N4O/c1-10-8-15(23-16(26)11-4-6-22-7-5-11)25(24-10)14-9-12(17(19,20)21)2-3-13(14)18/h2-9H,1H3,(H,23,26). The zero-order valence-electron chi connectivity index (χ0n) is 13.4. The largest absolute Gasteiger partial charge is 0.416 e. The number of aromatic nitrogens is 3. The molecule has 0 saturated carbocycles. The number of hydrogen-bond donors (Lipinski definition) is 1. The molecule has 0 atom stereocenters. The number of nitrogens with zero attached hydrogens (tertiary/aromatic N) is 3. The summed E-state index contributed by atoms with van der Waals surface area (Å²) in [4.78, 5) is 16.2. The van der Waals surface area contributed by atoms with Gasteiger partial charge in [0.2, 0.25) is 0 Å². The van der Waals surface area contributed by atoms with Crippen molar-refractivity contribution in [1.29, 1.82) is 0 Å². The molecule has 9 heteroatoms. The molecule has 2 heterocycles. The highest BCUT2D eigenvalue weighted by Gasteiger charge is 2.31. The molecule has 0 aliphatic carbocycles. The van der Waals surface area contributed by atoms with E-state index < -0.39 is 17.6 Å². The Morgan fingerprint density at radius 2 is 1.85 bits per heavy atom. The fourth-order valence-corrected chi connectivity index (χ4v) is 2.51. The van der Waals surface area contributed by atoms with E-state index in [1.165, 1.54) is 35.3 Å². The first-order chi connectivity index (χ1) is 12.3. The molecule has 1 amide bonds. The van der Waals surface area contributed by atoms with E-state index >= 15 is 0 Å². The number of amides is 1. The highest BCUT2D eigenvalue weighted by Crippen LogP contribution is 2.34. The quantitative estimate of drug-likeness (QED) is 0.727. The van der Waals surface area contributed by atoms with Crippen LogP contribution in [0.25, 0.3) is 5.69 Å². The van der Waals surface area contributed by atoms with Crippen molar-refractivity contribution >= 4 is 23.3 Å². The van der Waals surface area contributed by atoms with Crippen molar-refractivity contribution in [2.75, 3.05) is 5.32 Å². The van der Waals surface area contributed by atoms with Crippen LogP contribution in [0.2, 0.25) is 5.02 Å². The third kappa shape index (κ3) is 3.70. The molecule has 0 spiro atoms. The summed E-state index contributed by atoms with van der Waals surface area (Å²) < 4.78 is 40.2. The first-order valence-electron chi connectivity index (χ1n) is 7.41. The van der Waals surface area contributed by atoms with Gasteiger partial charge in [-0.15, -0.1) is 0 Å². The highest BCUT2D eigenvalue weighted by molar-refractivity contribution is 6.32. The smallest absolute Gasteiger partial charge is 0.306 e. The minimum atomic E-state index is -4.53. The molecule has 134 valence electrons. The molecule has 0 fully saturated rings. The normalized spacial score (nSPS) is 11.4. The number of aryl methyl sites for hydroxylation is 1. The Kier molecular flexibility index (Phi) is 4.69. The van der Waals surface area contributed by atoms with E-state index in [1.54, 1.807) is 6.92 Å². The van der Waals surface area contributed by atoms with Crippen LogP contribution in [0.5, 0.6) is 0 Å². The van der Waals surface area contributed by atoms with Crippen molar-refractivity contribution in [2.24, 2.45) is 0 Å². The fraction of sp³-hybridized carbons (Fsp3) is 0.118. The molecular weight excluding hydrogens is 369 g/mol. The summed E-state index contributed by atoms with van der Waals surface area (Å²) in [6, 6.07) is 7.48. The van der Waals surface area contributed by atoms with Crippen molar-refractivity contribution in [3.05, 3.63) is 70.6 Å². The predicted molar refractivity (Wildman–Crippen MR) is 90.5 cm³/mol. The van der Waals surface area contributed by atoms with Crippen molar-refractivity contribution in [1.82, 2.24) is 14.8 Å². The van der Waals surface area contributed by atoms with Crippen molar-refractivity contribution in [3.8, 4) is 5.69 Å². The van der Waals surface area contributed by atoms with Crippen LogP contribution in [0.4, 0.5) is 19.0 Å². The van der Waals surface area contributed by atoms with Crippen LogP contribution >= 0.6 is 11.6 Å². The monoisotopic (exact) mass is 380 g/mol. The van der Waals surface area contributed by atoms with E-state index in [0.29, 0.717) is 11.3 Å². The molecular formula is C17H12ClF3N4O. The molecule has 5 nitrogen and oxygen atoms in total. The van der Waals surface area contributed by atoms with Crippen molar-refractivity contribution in [2.45, 2.75) is 13.1 Å². The van der Waals surface area contributed by atoms with Gasteiger partial charge in [-0.1, -0.05) is 11.6 Å². The van der Waals surface area contributed by atoms with Gasteiger partial charge in [-0.2, -0.15) is 18.3 Å². The number of halogens is 4. The molecule has 0 unspecified atom stereocenters. The number of anilines is 1. The maximum absolute atomic E-state index is 13.0. The van der Waals surface area contributed by atoms with E-state index in [-0.39, 0.29) is 16.5 Å². The molecule has 3 rings (SSSR count). The minimum Gasteiger partial charge on any atom is -0.306 e. The molecule has 1 N–H and O–H groups in total. The summed E-state index contributed by atoms with van der Waals surface area (Å²) in [7, 11) is 0. The molecule has 0 bridgehead atoms. The van der Waals surface area contributed by atoms with Crippen molar-refractivity contribution in [3.63, 3.8) is 0 Å². The van der Waals surface area contributed by atoms with Crippen LogP contribution in [0.1, 0.15) is 21.6 Å². The fourth-order valence-electron chi connectivity index (χ4n) is 2.32. The lowest BCUT2D eigenvalue weighted by Crippen LogP contribution is -2.15. The molecule has 1 aromatic carbocycles. The predicted octanol–water partition coefficient (Wildman–Crippen LogP) is 4.50. The maximum atomic E-state index is 13.0. The zero-order chi connectivity index (χ0) is 18.9. The third-order valence-corrected chi connectivity index (χ3v) is 3.84. The number of alkyl halides is 3. The summed E-state index contributed by atoms with van der Waals surface area (Å²) in [6.07, 6.45) is -1.61. The Morgan fingerprint density at radius 1 is 1.15 bits per heavy atom. The summed E-state index contributed by atoms with van der Waals surface area (Å²) in [5.74, 6) is -0.248. The van der Waals surface area contributed by atoms with Gasteiger partial charge in [0.25, 0.3) is 5.91 Å². The molecule has 26 heavy (non-hydrogen) atoms. The lowest BCUT2D eigenvalue weighted by atomic mass is 10.2. The molecule has 0 aliphatic rings. The van der Waals surface area contributed by atoms with Crippen LogP contribution in [-0.2, 0) is 6.18 Å². The molecule has 0 radical (unpaired) electrons. The second kappa shape index (κ2) is 6.80. The maximum Gasteiger partial charge on any atom is 0.416 e. The number of carbonyl (C=O) groups is 1. The Labute approximate surface area is 151 Å². The van der Waals surface area contributed by atoms with E-state index in [2.05, 4.69) is 15.4 Å². The van der Waals surface area contributed by atoms with Crippen LogP contribution < -0.4 is 5.32 Å². The summed E-state index contributed by atoms with van der Waals surface area (Å²) >= 11 is 6.07. The second-order valence-electron chi connectivity index (χ2n) is 5.44. The lowest BCUT2D eigenvalue weighted by Gasteiger charge is -2.13. The van der Waals surface area contributed by atoms with Gasteiger partial charge in [-0.25, -0.2) is 4.68 Å². The van der Waals surface area contributed by atoms with Gasteiger partial charge in [-0.05, 0) is 37.3 Å². The average molecular weight is 381 g/mol. The van der Waals surface area contributed by atoms with Crippen molar-refractivity contribution < 1.29 is 18.0 Å². The first kappa shape index (κ1) is 17.9.